The maximum absolute atomic E-state index is 12.6. The van der Waals surface area contributed by atoms with Crippen molar-refractivity contribution < 1.29 is 14.3 Å². The van der Waals surface area contributed by atoms with Gasteiger partial charge >= 0.3 is 0 Å². The van der Waals surface area contributed by atoms with E-state index in [9.17, 15) is 9.59 Å². The van der Waals surface area contributed by atoms with Crippen molar-refractivity contribution in [1.82, 2.24) is 20.1 Å². The number of aromatic nitrogens is 3. The molecule has 3 rings (SSSR count). The van der Waals surface area contributed by atoms with Crippen LogP contribution in [0.15, 0.2) is 47.6 Å². The van der Waals surface area contributed by atoms with Crippen LogP contribution in [-0.2, 0) is 11.3 Å². The third kappa shape index (κ3) is 6.06. The van der Waals surface area contributed by atoms with Crippen molar-refractivity contribution in [3.63, 3.8) is 0 Å². The van der Waals surface area contributed by atoms with E-state index in [2.05, 4.69) is 20.8 Å². The molecule has 33 heavy (non-hydrogen) atoms. The number of anilines is 1. The van der Waals surface area contributed by atoms with Gasteiger partial charge in [-0.3, -0.25) is 9.59 Å². The van der Waals surface area contributed by atoms with Crippen molar-refractivity contribution in [2.45, 2.75) is 38.5 Å². The second-order valence-corrected chi connectivity index (χ2v) is 8.61. The lowest BCUT2D eigenvalue weighted by Crippen LogP contribution is -2.28. The first-order chi connectivity index (χ1) is 15.8. The number of amides is 2. The van der Waals surface area contributed by atoms with Crippen molar-refractivity contribution in [3.8, 4) is 5.75 Å². The maximum atomic E-state index is 12.6. The predicted molar refractivity (Wildman–Crippen MR) is 130 cm³/mol. The molecule has 0 aliphatic carbocycles. The normalized spacial score (nSPS) is 11.7. The number of benzene rings is 2. The molecule has 0 radical (unpaired) electrons. The second kappa shape index (κ2) is 11.2. The van der Waals surface area contributed by atoms with Crippen LogP contribution < -0.4 is 15.4 Å². The fourth-order valence-electron chi connectivity index (χ4n) is 3.17. The fourth-order valence-corrected chi connectivity index (χ4v) is 4.15. The average molecular weight is 488 g/mol. The monoisotopic (exact) mass is 487 g/mol. The summed E-state index contributed by atoms with van der Waals surface area (Å²) >= 11 is 7.40. The summed E-state index contributed by atoms with van der Waals surface area (Å²) in [6.07, 6.45) is 0. The number of nitrogens with zero attached hydrogens (tertiary/aromatic N) is 3. The Morgan fingerprint density at radius 3 is 2.58 bits per heavy atom. The van der Waals surface area contributed by atoms with E-state index in [1.807, 2.05) is 31.4 Å². The minimum absolute atomic E-state index is 0.163. The summed E-state index contributed by atoms with van der Waals surface area (Å²) in [5, 5.41) is 15.5. The van der Waals surface area contributed by atoms with Gasteiger partial charge < -0.3 is 19.9 Å². The summed E-state index contributed by atoms with van der Waals surface area (Å²) in [5.74, 6) is 1.07. The summed E-state index contributed by atoms with van der Waals surface area (Å²) in [6.45, 7) is 6.26. The first kappa shape index (κ1) is 24.6. The average Bonchev–Trinajstić information content (AvgIpc) is 3.24. The number of nitrogens with one attached hydrogen (secondary N) is 2. The van der Waals surface area contributed by atoms with Gasteiger partial charge in [0.05, 0.1) is 18.9 Å². The molecule has 1 aromatic heterocycles. The van der Waals surface area contributed by atoms with Crippen molar-refractivity contribution in [2.24, 2.45) is 0 Å². The SMILES string of the molecule is CCn1c(SCC(=O)Nc2cccc(Cl)c2C)nnc1C(C)NC(=O)c1ccc(OC)cc1. The summed E-state index contributed by atoms with van der Waals surface area (Å²) < 4.78 is 7.02. The number of halogens is 1. The highest BCUT2D eigenvalue weighted by molar-refractivity contribution is 7.99. The molecule has 1 unspecified atom stereocenters. The van der Waals surface area contributed by atoms with Crippen molar-refractivity contribution in [1.29, 1.82) is 0 Å². The third-order valence-electron chi connectivity index (χ3n) is 5.02. The van der Waals surface area contributed by atoms with E-state index in [1.54, 1.807) is 43.5 Å². The smallest absolute Gasteiger partial charge is 0.251 e. The van der Waals surface area contributed by atoms with E-state index < -0.39 is 0 Å². The van der Waals surface area contributed by atoms with Crippen molar-refractivity contribution >= 4 is 40.9 Å². The van der Waals surface area contributed by atoms with Gasteiger partial charge in [0.25, 0.3) is 5.91 Å². The lowest BCUT2D eigenvalue weighted by Gasteiger charge is -2.15. The molecule has 1 atom stereocenters. The molecule has 0 aliphatic heterocycles. The van der Waals surface area contributed by atoms with Crippen LogP contribution in [0.1, 0.15) is 41.6 Å². The highest BCUT2D eigenvalue weighted by Crippen LogP contribution is 2.24. The largest absolute Gasteiger partial charge is 0.497 e. The number of hydrogen-bond donors (Lipinski definition) is 2. The Balaban J connectivity index is 1.63. The molecule has 174 valence electrons. The Bertz CT molecular complexity index is 1130. The Morgan fingerprint density at radius 1 is 1.18 bits per heavy atom. The molecule has 2 amide bonds. The van der Waals surface area contributed by atoms with Gasteiger partial charge in [-0.05, 0) is 62.7 Å². The quantitative estimate of drug-likeness (QED) is 0.431. The van der Waals surface area contributed by atoms with Gasteiger partial charge in [-0.2, -0.15) is 0 Å². The summed E-state index contributed by atoms with van der Waals surface area (Å²) in [5.41, 5.74) is 2.02. The standard InChI is InChI=1S/C23H26ClN5O3S/c1-5-29-21(15(3)25-22(31)16-9-11-17(32-4)12-10-16)27-28-23(29)33-13-20(30)26-19-8-6-7-18(24)14(19)2/h6-12,15H,5,13H2,1-4H3,(H,25,31)(H,26,30). The minimum Gasteiger partial charge on any atom is -0.497 e. The van der Waals surface area contributed by atoms with Crippen LogP contribution in [0, 0.1) is 6.92 Å². The Hall–Kier alpha value is -3.04. The van der Waals surface area contributed by atoms with Crippen LogP contribution in [0.25, 0.3) is 0 Å². The maximum Gasteiger partial charge on any atom is 0.251 e. The van der Waals surface area contributed by atoms with Gasteiger partial charge in [0.2, 0.25) is 5.91 Å². The summed E-state index contributed by atoms with van der Waals surface area (Å²) in [6, 6.07) is 11.9. The van der Waals surface area contributed by atoms with Crippen LogP contribution in [0.5, 0.6) is 5.75 Å². The molecule has 0 saturated heterocycles. The molecule has 8 nitrogen and oxygen atoms in total. The molecule has 0 saturated carbocycles. The lowest BCUT2D eigenvalue weighted by atomic mass is 10.2. The molecule has 10 heteroatoms. The number of carbonyl (C=O) groups is 2. The number of ether oxygens (including phenoxy) is 1. The molecule has 3 aromatic rings. The summed E-state index contributed by atoms with van der Waals surface area (Å²) in [7, 11) is 1.58. The van der Waals surface area contributed by atoms with Crippen molar-refractivity contribution in [3.05, 3.63) is 64.4 Å². The van der Waals surface area contributed by atoms with E-state index in [0.717, 1.165) is 5.56 Å². The Labute approximate surface area is 202 Å². The molecular weight excluding hydrogens is 462 g/mol. The molecule has 0 aliphatic rings. The highest BCUT2D eigenvalue weighted by Gasteiger charge is 2.20. The second-order valence-electron chi connectivity index (χ2n) is 7.26. The fraction of sp³-hybridized carbons (Fsp3) is 0.304. The van der Waals surface area contributed by atoms with Crippen LogP contribution in [0.4, 0.5) is 5.69 Å². The van der Waals surface area contributed by atoms with E-state index in [1.165, 1.54) is 11.8 Å². The van der Waals surface area contributed by atoms with E-state index >= 15 is 0 Å². The first-order valence-electron chi connectivity index (χ1n) is 10.4. The Morgan fingerprint density at radius 2 is 1.91 bits per heavy atom. The molecule has 0 spiro atoms. The summed E-state index contributed by atoms with van der Waals surface area (Å²) in [4.78, 5) is 25.0. The molecule has 2 N–H and O–H groups in total. The van der Waals surface area contributed by atoms with Crippen LogP contribution in [0.2, 0.25) is 5.02 Å². The van der Waals surface area contributed by atoms with Gasteiger partial charge in [-0.1, -0.05) is 29.4 Å². The van der Waals surface area contributed by atoms with Crippen LogP contribution in [0.3, 0.4) is 0 Å². The van der Waals surface area contributed by atoms with Crippen LogP contribution >= 0.6 is 23.4 Å². The minimum atomic E-state index is -0.371. The van der Waals surface area contributed by atoms with Crippen molar-refractivity contribution in [2.75, 3.05) is 18.2 Å². The molecule has 0 fully saturated rings. The number of hydrogen-bond acceptors (Lipinski definition) is 6. The third-order valence-corrected chi connectivity index (χ3v) is 6.40. The van der Waals surface area contributed by atoms with E-state index in [0.29, 0.717) is 39.5 Å². The van der Waals surface area contributed by atoms with Gasteiger partial charge in [0, 0.05) is 22.8 Å². The Kier molecular flexibility index (Phi) is 8.35. The zero-order valence-electron chi connectivity index (χ0n) is 18.9. The number of methoxy groups -OCH3 is 1. The topological polar surface area (TPSA) is 98.1 Å². The first-order valence-corrected chi connectivity index (χ1v) is 11.8. The number of thioether (sulfide) groups is 1. The molecule has 0 bridgehead atoms. The van der Waals surface area contributed by atoms with E-state index in [4.69, 9.17) is 16.3 Å². The van der Waals surface area contributed by atoms with Gasteiger partial charge in [0.1, 0.15) is 5.75 Å². The van der Waals surface area contributed by atoms with E-state index in [-0.39, 0.29) is 23.6 Å². The van der Waals surface area contributed by atoms with Gasteiger partial charge in [-0.15, -0.1) is 10.2 Å². The van der Waals surface area contributed by atoms with Crippen LogP contribution in [-0.4, -0.2) is 39.4 Å². The van der Waals surface area contributed by atoms with Gasteiger partial charge in [-0.25, -0.2) is 0 Å². The molecular formula is C23H26ClN5O3S. The predicted octanol–water partition coefficient (Wildman–Crippen LogP) is 4.49. The zero-order valence-corrected chi connectivity index (χ0v) is 20.5. The number of carbonyl (C=O) groups excluding carboxylic acids is 2. The lowest BCUT2D eigenvalue weighted by molar-refractivity contribution is -0.113. The molecule has 1 heterocycles. The molecule has 2 aromatic carbocycles. The highest BCUT2D eigenvalue weighted by atomic mass is 35.5. The van der Waals surface area contributed by atoms with Gasteiger partial charge in [0.15, 0.2) is 11.0 Å². The zero-order chi connectivity index (χ0) is 24.0. The number of rotatable bonds is 9.